The van der Waals surface area contributed by atoms with Gasteiger partial charge in [0.2, 0.25) is 11.6 Å². The molecule has 4 aromatic carbocycles. The molecule has 0 saturated carbocycles. The highest BCUT2D eigenvalue weighted by molar-refractivity contribution is 6.40. The number of carbonyl (C=O) groups is 2. The molecule has 0 heterocycles. The molecule has 0 aliphatic heterocycles. The van der Waals surface area contributed by atoms with Crippen LogP contribution >= 0.6 is 46.4 Å². The number of nitrogens with one attached hydrogen (secondary N) is 2. The monoisotopic (exact) mass is 594 g/mol. The zero-order chi connectivity index (χ0) is 27.5. The Bertz CT molecular complexity index is 1550. The summed E-state index contributed by atoms with van der Waals surface area (Å²) in [6, 6.07) is 10.7. The lowest BCUT2D eigenvalue weighted by molar-refractivity contribution is 0.0967. The maximum Gasteiger partial charge on any atom is 0.201 e. The predicted octanol–water partition coefficient (Wildman–Crippen LogP) is 8.25. The van der Waals surface area contributed by atoms with Crippen molar-refractivity contribution in [1.29, 1.82) is 0 Å². The van der Waals surface area contributed by atoms with Crippen molar-refractivity contribution in [2.45, 2.75) is 0 Å². The van der Waals surface area contributed by atoms with E-state index in [1.54, 1.807) is 0 Å². The quantitative estimate of drug-likeness (QED) is 0.156. The van der Waals surface area contributed by atoms with Crippen LogP contribution in [0.15, 0.2) is 48.5 Å². The fourth-order valence-electron chi connectivity index (χ4n) is 4.12. The number of aromatic hydroxyl groups is 2. The molecule has 0 aromatic heterocycles. The highest BCUT2D eigenvalue weighted by Crippen LogP contribution is 2.47. The number of hydrogen-bond donors (Lipinski definition) is 4. The Morgan fingerprint density at radius 2 is 0.842 bits per heavy atom. The number of fused-ring (bicyclic) bond motifs is 2. The highest BCUT2D eigenvalue weighted by atomic mass is 35.5. The lowest BCUT2D eigenvalue weighted by Crippen LogP contribution is -2.26. The van der Waals surface area contributed by atoms with E-state index in [1.165, 1.54) is 36.4 Å². The minimum atomic E-state index is -1.37. The number of phenols is 2. The third kappa shape index (κ3) is 4.01. The third-order valence-electron chi connectivity index (χ3n) is 5.87. The van der Waals surface area contributed by atoms with E-state index in [2.05, 4.69) is 10.6 Å². The van der Waals surface area contributed by atoms with Crippen molar-refractivity contribution in [3.8, 4) is 11.5 Å². The van der Waals surface area contributed by atoms with E-state index >= 15 is 8.78 Å². The summed E-state index contributed by atoms with van der Waals surface area (Å²) >= 11 is 24.9. The molecule has 4 N–H and O–H groups in total. The van der Waals surface area contributed by atoms with Crippen molar-refractivity contribution in [2.75, 3.05) is 10.6 Å². The Morgan fingerprint density at radius 3 is 1.16 bits per heavy atom. The van der Waals surface area contributed by atoms with Gasteiger partial charge in [-0.3, -0.25) is 9.59 Å². The fourth-order valence-corrected chi connectivity index (χ4v) is 5.11. The molecule has 0 spiro atoms. The van der Waals surface area contributed by atoms with Gasteiger partial charge in [0.15, 0.2) is 11.6 Å². The summed E-state index contributed by atoms with van der Waals surface area (Å²) in [4.78, 5) is 26.7. The topological polar surface area (TPSA) is 98.7 Å². The molecule has 12 heteroatoms. The number of ketones is 2. The molecular weight excluding hydrogens is 584 g/mol. The molecule has 4 aromatic rings. The summed E-state index contributed by atoms with van der Waals surface area (Å²) in [5, 5.41) is 25.9. The summed E-state index contributed by atoms with van der Waals surface area (Å²) < 4.78 is 32.5. The maximum absolute atomic E-state index is 16.3. The van der Waals surface area contributed by atoms with Crippen LogP contribution in [0.4, 0.5) is 31.5 Å². The van der Waals surface area contributed by atoms with Crippen LogP contribution in [0.3, 0.4) is 0 Å². The molecule has 0 unspecified atom stereocenters. The lowest BCUT2D eigenvalue weighted by Gasteiger charge is -2.25. The van der Waals surface area contributed by atoms with E-state index in [0.29, 0.717) is 0 Å². The lowest BCUT2D eigenvalue weighted by atomic mass is 9.81. The number of hydrogen-bond acceptors (Lipinski definition) is 6. The second kappa shape index (κ2) is 9.63. The summed E-state index contributed by atoms with van der Waals surface area (Å²) in [5.41, 5.74) is -4.65. The first-order valence-corrected chi connectivity index (χ1v) is 12.1. The largest absolute Gasteiger partial charge is 0.507 e. The summed E-state index contributed by atoms with van der Waals surface area (Å²) in [7, 11) is 0. The molecule has 1 aliphatic carbocycles. The molecule has 0 bridgehead atoms. The minimum Gasteiger partial charge on any atom is -0.507 e. The van der Waals surface area contributed by atoms with Gasteiger partial charge in [-0.2, -0.15) is 0 Å². The van der Waals surface area contributed by atoms with E-state index < -0.39 is 68.3 Å². The molecule has 38 heavy (non-hydrogen) atoms. The summed E-state index contributed by atoms with van der Waals surface area (Å²) in [5.74, 6) is -6.58. The molecule has 0 amide bonds. The average Bonchev–Trinajstić information content (AvgIpc) is 2.86. The minimum absolute atomic E-state index is 0.0298. The zero-order valence-electron chi connectivity index (χ0n) is 18.6. The zero-order valence-corrected chi connectivity index (χ0v) is 21.6. The van der Waals surface area contributed by atoms with Crippen LogP contribution in [0, 0.1) is 11.6 Å². The van der Waals surface area contributed by atoms with Crippen molar-refractivity contribution in [2.24, 2.45) is 0 Å². The first kappa shape index (κ1) is 26.1. The Morgan fingerprint density at radius 1 is 0.526 bits per heavy atom. The number of halogens is 6. The molecule has 6 nitrogen and oxygen atoms in total. The fraction of sp³-hybridized carbons (Fsp3) is 0. The van der Waals surface area contributed by atoms with Crippen molar-refractivity contribution in [3.63, 3.8) is 0 Å². The molecule has 192 valence electrons. The molecule has 0 fully saturated rings. The molecule has 0 saturated heterocycles. The standard InChI is InChI=1S/C26H12Cl4F2N2O4/c27-9-3-1-4-10(28)21(9)33-23-19(31)17-18(20(32)24(23)34-22-11(29)5-2-6-12(22)30)26(38)16-14(36)8-7-13(35)15(16)25(17)37/h1-8,33-36H. The van der Waals surface area contributed by atoms with E-state index in [0.717, 1.165) is 12.1 Å². The van der Waals surface area contributed by atoms with Crippen LogP contribution in [0.1, 0.15) is 31.8 Å². The van der Waals surface area contributed by atoms with Gasteiger partial charge < -0.3 is 20.8 Å². The number of anilines is 4. The number of phenolic OH excluding ortho intramolecular Hbond substituents is 2. The Labute approximate surface area is 233 Å². The maximum atomic E-state index is 16.3. The van der Waals surface area contributed by atoms with Crippen molar-refractivity contribution in [1.82, 2.24) is 0 Å². The van der Waals surface area contributed by atoms with Crippen molar-refractivity contribution < 1.29 is 28.6 Å². The van der Waals surface area contributed by atoms with Gasteiger partial charge in [-0.25, -0.2) is 8.78 Å². The van der Waals surface area contributed by atoms with Gasteiger partial charge >= 0.3 is 0 Å². The van der Waals surface area contributed by atoms with Crippen LogP contribution in [0.25, 0.3) is 0 Å². The summed E-state index contributed by atoms with van der Waals surface area (Å²) in [6.45, 7) is 0. The number of para-hydroxylation sites is 2. The molecule has 5 rings (SSSR count). The van der Waals surface area contributed by atoms with Gasteiger partial charge in [0.25, 0.3) is 0 Å². The Hall–Kier alpha value is -3.56. The number of carbonyl (C=O) groups excluding carboxylic acids is 2. The summed E-state index contributed by atoms with van der Waals surface area (Å²) in [6.07, 6.45) is 0. The Kier molecular flexibility index (Phi) is 6.61. The first-order valence-electron chi connectivity index (χ1n) is 10.6. The predicted molar refractivity (Wildman–Crippen MR) is 142 cm³/mol. The van der Waals surface area contributed by atoms with Crippen LogP contribution in [0.2, 0.25) is 20.1 Å². The Balaban J connectivity index is 1.84. The third-order valence-corrected chi connectivity index (χ3v) is 7.13. The van der Waals surface area contributed by atoms with Gasteiger partial charge in [0, 0.05) is 0 Å². The van der Waals surface area contributed by atoms with Crippen molar-refractivity contribution >= 4 is 80.7 Å². The van der Waals surface area contributed by atoms with Crippen LogP contribution in [-0.4, -0.2) is 21.8 Å². The smallest absolute Gasteiger partial charge is 0.201 e. The number of rotatable bonds is 4. The molecule has 1 aliphatic rings. The molecular formula is C26H12Cl4F2N2O4. The van der Waals surface area contributed by atoms with E-state index in [4.69, 9.17) is 46.4 Å². The molecule has 0 atom stereocenters. The molecule has 0 radical (unpaired) electrons. The van der Waals surface area contributed by atoms with Gasteiger partial charge in [-0.1, -0.05) is 58.5 Å². The van der Waals surface area contributed by atoms with E-state index in [9.17, 15) is 19.8 Å². The highest BCUT2D eigenvalue weighted by Gasteiger charge is 2.41. The SMILES string of the molecule is O=C1c2c(O)ccc(O)c2C(=O)c2c(F)c(Nc3c(Cl)cccc3Cl)c(Nc3c(Cl)cccc3Cl)c(F)c21. The van der Waals surface area contributed by atoms with E-state index in [-0.39, 0.29) is 31.5 Å². The van der Waals surface area contributed by atoms with Crippen molar-refractivity contribution in [3.05, 3.63) is 103 Å². The van der Waals surface area contributed by atoms with Gasteiger partial charge in [-0.05, 0) is 36.4 Å². The first-order chi connectivity index (χ1) is 18.0. The van der Waals surface area contributed by atoms with Gasteiger partial charge in [0.1, 0.15) is 22.9 Å². The normalized spacial score (nSPS) is 12.3. The van der Waals surface area contributed by atoms with Gasteiger partial charge in [0.05, 0.1) is 53.7 Å². The number of benzene rings is 4. The van der Waals surface area contributed by atoms with E-state index in [1.807, 2.05) is 0 Å². The van der Waals surface area contributed by atoms with Gasteiger partial charge in [-0.15, -0.1) is 0 Å². The second-order valence-corrected chi connectivity index (χ2v) is 9.71. The van der Waals surface area contributed by atoms with Crippen LogP contribution in [-0.2, 0) is 0 Å². The average molecular weight is 596 g/mol. The van der Waals surface area contributed by atoms with Crippen LogP contribution in [0.5, 0.6) is 11.5 Å². The van der Waals surface area contributed by atoms with Crippen LogP contribution < -0.4 is 10.6 Å². The second-order valence-electron chi connectivity index (χ2n) is 8.08.